The Labute approximate surface area is 57.2 Å². The molecule has 0 bridgehead atoms. The molecule has 0 heterocycles. The minimum Gasteiger partial charge on any atom is -0.385 e. The van der Waals surface area contributed by atoms with Crippen molar-refractivity contribution in [1.82, 2.24) is 0 Å². The van der Waals surface area contributed by atoms with Gasteiger partial charge in [0, 0.05) is 0 Å². The molecule has 0 fully saturated rings. The van der Waals surface area contributed by atoms with Crippen molar-refractivity contribution in [2.45, 2.75) is 20.8 Å². The molecule has 54 valence electrons. The van der Waals surface area contributed by atoms with Crippen molar-refractivity contribution in [2.75, 3.05) is 0 Å². The summed E-state index contributed by atoms with van der Waals surface area (Å²) >= 11 is 0. The monoisotopic (exact) mass is 128 g/mol. The Kier molecular flexibility index (Phi) is 8.62. The van der Waals surface area contributed by atoms with E-state index in [0.29, 0.717) is 5.82 Å². The zero-order valence-corrected chi connectivity index (χ0v) is 6.44. The second-order valence-electron chi connectivity index (χ2n) is 1.34. The van der Waals surface area contributed by atoms with E-state index in [-0.39, 0.29) is 0 Å². The van der Waals surface area contributed by atoms with Crippen molar-refractivity contribution in [3.8, 4) is 0 Å². The smallest absolute Gasteiger partial charge is 0.0963 e. The first-order chi connectivity index (χ1) is 4.18. The van der Waals surface area contributed by atoms with Crippen LogP contribution in [0.4, 0.5) is 0 Å². The van der Waals surface area contributed by atoms with E-state index in [1.807, 2.05) is 20.8 Å². The van der Waals surface area contributed by atoms with Crippen molar-refractivity contribution >= 4 is 0 Å². The lowest BCUT2D eigenvalue weighted by molar-refractivity contribution is 1.19. The number of nitrogens with two attached hydrogens (primary N) is 2. The molecule has 0 saturated heterocycles. The lowest BCUT2D eigenvalue weighted by Gasteiger charge is -1.91. The van der Waals surface area contributed by atoms with Crippen molar-refractivity contribution in [1.29, 1.82) is 0 Å². The maximum absolute atomic E-state index is 5.13. The third kappa shape index (κ3) is 7.08. The lowest BCUT2D eigenvalue weighted by atomic mass is 10.3. The summed E-state index contributed by atoms with van der Waals surface area (Å²) in [5, 5.41) is 0. The van der Waals surface area contributed by atoms with E-state index in [2.05, 4.69) is 6.58 Å². The first kappa shape index (κ1) is 11.0. The lowest BCUT2D eigenvalue weighted by Crippen LogP contribution is -2.09. The van der Waals surface area contributed by atoms with Crippen LogP contribution in [0, 0.1) is 0 Å². The highest BCUT2D eigenvalue weighted by Crippen LogP contribution is 1.90. The van der Waals surface area contributed by atoms with Crippen LogP contribution < -0.4 is 11.5 Å². The van der Waals surface area contributed by atoms with Gasteiger partial charge in [0.15, 0.2) is 0 Å². The van der Waals surface area contributed by atoms with Crippen LogP contribution >= 0.6 is 0 Å². The van der Waals surface area contributed by atoms with Gasteiger partial charge in [-0.25, -0.2) is 0 Å². The molecule has 0 spiro atoms. The van der Waals surface area contributed by atoms with E-state index in [0.717, 1.165) is 5.57 Å². The average molecular weight is 128 g/mol. The fourth-order valence-corrected chi connectivity index (χ4v) is 0.118. The van der Waals surface area contributed by atoms with E-state index < -0.39 is 0 Å². The Bertz CT molecular complexity index is 99.5. The van der Waals surface area contributed by atoms with Gasteiger partial charge in [0.1, 0.15) is 0 Å². The highest BCUT2D eigenvalue weighted by Gasteiger charge is 1.80. The quantitative estimate of drug-likeness (QED) is 0.524. The van der Waals surface area contributed by atoms with E-state index in [1.165, 1.54) is 0 Å². The van der Waals surface area contributed by atoms with E-state index >= 15 is 0 Å². The molecule has 0 aromatic heterocycles. The van der Waals surface area contributed by atoms with Crippen LogP contribution in [0.25, 0.3) is 0 Å². The molecule has 0 saturated carbocycles. The van der Waals surface area contributed by atoms with Gasteiger partial charge in [-0.1, -0.05) is 26.5 Å². The summed E-state index contributed by atoms with van der Waals surface area (Å²) in [4.78, 5) is 0. The Morgan fingerprint density at radius 3 is 1.67 bits per heavy atom. The minimum atomic E-state index is 0.343. The van der Waals surface area contributed by atoms with Gasteiger partial charge in [0.2, 0.25) is 0 Å². The van der Waals surface area contributed by atoms with Gasteiger partial charge >= 0.3 is 0 Å². The van der Waals surface area contributed by atoms with Crippen LogP contribution in [0.1, 0.15) is 20.8 Å². The summed E-state index contributed by atoms with van der Waals surface area (Å²) < 4.78 is 0. The van der Waals surface area contributed by atoms with Gasteiger partial charge in [-0.15, -0.1) is 0 Å². The van der Waals surface area contributed by atoms with Gasteiger partial charge in [-0.2, -0.15) is 0 Å². The molecule has 0 radical (unpaired) electrons. The third-order valence-corrected chi connectivity index (χ3v) is 0.762. The number of allylic oxidation sites excluding steroid dienone is 2. The summed E-state index contributed by atoms with van der Waals surface area (Å²) in [6.45, 7) is 9.27. The maximum atomic E-state index is 5.13. The van der Waals surface area contributed by atoms with Crippen LogP contribution in [-0.4, -0.2) is 0 Å². The molecule has 4 N–H and O–H groups in total. The molecule has 0 aliphatic heterocycles. The molecular weight excluding hydrogens is 112 g/mol. The standard InChI is InChI=1S/C5H10N2.C2H6/c1-3-4(2)5(6)7;1-2/h3H,1,6-7H2,2H3;1-2H3. The van der Waals surface area contributed by atoms with E-state index in [1.54, 1.807) is 6.08 Å². The summed E-state index contributed by atoms with van der Waals surface area (Å²) in [7, 11) is 0. The summed E-state index contributed by atoms with van der Waals surface area (Å²) in [5.74, 6) is 0.343. The molecule has 0 aromatic rings. The molecule has 0 unspecified atom stereocenters. The number of rotatable bonds is 1. The highest BCUT2D eigenvalue weighted by atomic mass is 14.8. The Morgan fingerprint density at radius 2 is 1.67 bits per heavy atom. The fraction of sp³-hybridized carbons (Fsp3) is 0.429. The molecule has 0 aromatic carbocycles. The Hall–Kier alpha value is -0.920. The molecule has 0 aliphatic carbocycles. The van der Waals surface area contributed by atoms with Crippen molar-refractivity contribution in [2.24, 2.45) is 11.5 Å². The zero-order chi connectivity index (χ0) is 7.86. The molecule has 0 amide bonds. The van der Waals surface area contributed by atoms with Crippen molar-refractivity contribution < 1.29 is 0 Å². The van der Waals surface area contributed by atoms with Crippen molar-refractivity contribution in [3.05, 3.63) is 24.0 Å². The summed E-state index contributed by atoms with van der Waals surface area (Å²) in [6.07, 6.45) is 1.62. The molecule has 9 heavy (non-hydrogen) atoms. The van der Waals surface area contributed by atoms with E-state index in [9.17, 15) is 0 Å². The maximum Gasteiger partial charge on any atom is 0.0963 e. The fourth-order valence-electron chi connectivity index (χ4n) is 0.118. The van der Waals surface area contributed by atoms with Gasteiger partial charge in [-0.05, 0) is 12.5 Å². The SMILES string of the molecule is C=CC(C)=C(N)N.CC. The largest absolute Gasteiger partial charge is 0.385 e. The first-order valence-corrected chi connectivity index (χ1v) is 3.02. The minimum absolute atomic E-state index is 0.343. The van der Waals surface area contributed by atoms with E-state index in [4.69, 9.17) is 11.5 Å². The molecule has 0 atom stereocenters. The van der Waals surface area contributed by atoms with Gasteiger partial charge < -0.3 is 11.5 Å². The topological polar surface area (TPSA) is 52.0 Å². The Morgan fingerprint density at radius 1 is 1.33 bits per heavy atom. The predicted molar refractivity (Wildman–Crippen MR) is 42.6 cm³/mol. The van der Waals surface area contributed by atoms with Crippen LogP contribution in [-0.2, 0) is 0 Å². The van der Waals surface area contributed by atoms with Crippen LogP contribution in [0.15, 0.2) is 24.0 Å². The molecule has 2 nitrogen and oxygen atoms in total. The third-order valence-electron chi connectivity index (χ3n) is 0.762. The normalized spacial score (nSPS) is 6.56. The first-order valence-electron chi connectivity index (χ1n) is 3.02. The Balaban J connectivity index is 0. The molecule has 0 rings (SSSR count). The number of hydrogen-bond acceptors (Lipinski definition) is 2. The van der Waals surface area contributed by atoms with Crippen LogP contribution in [0.3, 0.4) is 0 Å². The van der Waals surface area contributed by atoms with Gasteiger partial charge in [-0.3, -0.25) is 0 Å². The second-order valence-corrected chi connectivity index (χ2v) is 1.34. The average Bonchev–Trinajstić information content (AvgIpc) is 1.91. The highest BCUT2D eigenvalue weighted by molar-refractivity contribution is 5.16. The molecule has 0 aliphatic rings. The second kappa shape index (κ2) is 7.08. The number of hydrogen-bond donors (Lipinski definition) is 2. The molecule has 2 heteroatoms. The van der Waals surface area contributed by atoms with Crippen molar-refractivity contribution in [3.63, 3.8) is 0 Å². The van der Waals surface area contributed by atoms with Gasteiger partial charge in [0.25, 0.3) is 0 Å². The summed E-state index contributed by atoms with van der Waals surface area (Å²) in [6, 6.07) is 0. The van der Waals surface area contributed by atoms with Gasteiger partial charge in [0.05, 0.1) is 5.82 Å². The molecular formula is C7H16N2. The van der Waals surface area contributed by atoms with Crippen LogP contribution in [0.2, 0.25) is 0 Å². The summed E-state index contributed by atoms with van der Waals surface area (Å²) in [5.41, 5.74) is 11.1. The zero-order valence-electron chi connectivity index (χ0n) is 6.44. The van der Waals surface area contributed by atoms with Crippen LogP contribution in [0.5, 0.6) is 0 Å². The predicted octanol–water partition coefficient (Wildman–Crippen LogP) is 1.35.